The number of aliphatic hydroxyl groups excluding tert-OH is 1. The third-order valence-electron chi connectivity index (χ3n) is 2.20. The van der Waals surface area contributed by atoms with Gasteiger partial charge in [0.25, 0.3) is 0 Å². The summed E-state index contributed by atoms with van der Waals surface area (Å²) in [4.78, 5) is 0. The van der Waals surface area contributed by atoms with Gasteiger partial charge in [-0.05, 0) is 30.5 Å². The monoisotopic (exact) mass is 186 g/mol. The summed E-state index contributed by atoms with van der Waals surface area (Å²) in [6, 6.07) is 2.69. The molecule has 12 heavy (non-hydrogen) atoms. The van der Waals surface area contributed by atoms with Crippen molar-refractivity contribution in [1.29, 1.82) is 0 Å². The van der Waals surface area contributed by atoms with Gasteiger partial charge in [0.2, 0.25) is 0 Å². The molecule has 0 fully saturated rings. The molecule has 0 heterocycles. The zero-order valence-corrected chi connectivity index (χ0v) is 7.11. The molecule has 3 heteroatoms. The molecule has 0 radical (unpaired) electrons. The van der Waals surface area contributed by atoms with Crippen LogP contribution in [0.4, 0.5) is 4.39 Å². The van der Waals surface area contributed by atoms with Crippen molar-refractivity contribution in [3.8, 4) is 0 Å². The van der Waals surface area contributed by atoms with Crippen LogP contribution in [0.25, 0.3) is 0 Å². The molecular weight excluding hydrogens is 179 g/mol. The first kappa shape index (κ1) is 8.02. The minimum absolute atomic E-state index is 0.326. The van der Waals surface area contributed by atoms with E-state index in [1.165, 1.54) is 12.1 Å². The molecule has 1 aliphatic carbocycles. The second kappa shape index (κ2) is 2.71. The first-order valence-corrected chi connectivity index (χ1v) is 4.22. The molecule has 1 atom stereocenters. The average Bonchev–Trinajstić information content (AvgIpc) is 2.31. The van der Waals surface area contributed by atoms with Crippen molar-refractivity contribution in [2.45, 2.75) is 18.9 Å². The van der Waals surface area contributed by atoms with Gasteiger partial charge in [-0.2, -0.15) is 0 Å². The Balaban J connectivity index is 2.60. The van der Waals surface area contributed by atoms with Crippen LogP contribution >= 0.6 is 11.6 Å². The lowest BCUT2D eigenvalue weighted by molar-refractivity contribution is 0.180. The number of hydrogen-bond donors (Lipinski definition) is 1. The summed E-state index contributed by atoms with van der Waals surface area (Å²) >= 11 is 5.77. The van der Waals surface area contributed by atoms with E-state index in [2.05, 4.69) is 0 Å². The van der Waals surface area contributed by atoms with Crippen molar-refractivity contribution in [2.75, 3.05) is 0 Å². The van der Waals surface area contributed by atoms with Gasteiger partial charge in [-0.3, -0.25) is 0 Å². The van der Waals surface area contributed by atoms with Gasteiger partial charge in [0.05, 0.1) is 6.10 Å². The van der Waals surface area contributed by atoms with E-state index >= 15 is 0 Å². The second-order valence-electron chi connectivity index (χ2n) is 3.01. The molecule has 2 rings (SSSR count). The maximum absolute atomic E-state index is 12.8. The van der Waals surface area contributed by atoms with Crippen LogP contribution in [0, 0.1) is 5.82 Å². The number of aliphatic hydroxyl groups is 1. The average molecular weight is 187 g/mol. The molecule has 64 valence electrons. The zero-order chi connectivity index (χ0) is 8.72. The fraction of sp³-hybridized carbons (Fsp3) is 0.333. The lowest BCUT2D eigenvalue weighted by atomic mass is 10.1. The van der Waals surface area contributed by atoms with E-state index in [-0.39, 0.29) is 5.82 Å². The summed E-state index contributed by atoms with van der Waals surface area (Å²) in [5.74, 6) is -0.326. The van der Waals surface area contributed by atoms with E-state index < -0.39 is 6.10 Å². The second-order valence-corrected chi connectivity index (χ2v) is 3.42. The highest BCUT2D eigenvalue weighted by atomic mass is 35.5. The summed E-state index contributed by atoms with van der Waals surface area (Å²) in [7, 11) is 0. The number of aryl methyl sites for hydroxylation is 1. The molecule has 1 aromatic carbocycles. The van der Waals surface area contributed by atoms with Crippen molar-refractivity contribution in [2.24, 2.45) is 0 Å². The molecule has 0 aromatic heterocycles. The van der Waals surface area contributed by atoms with Crippen LogP contribution in [0.3, 0.4) is 0 Å². The SMILES string of the molecule is O[C@H]1CCc2cc(F)cc(Cl)c21. The van der Waals surface area contributed by atoms with Gasteiger partial charge >= 0.3 is 0 Å². The third-order valence-corrected chi connectivity index (χ3v) is 2.51. The van der Waals surface area contributed by atoms with Crippen LogP contribution in [0.2, 0.25) is 5.02 Å². The van der Waals surface area contributed by atoms with Gasteiger partial charge < -0.3 is 5.11 Å². The Morgan fingerprint density at radius 1 is 1.50 bits per heavy atom. The van der Waals surface area contributed by atoms with E-state index in [1.54, 1.807) is 0 Å². The van der Waals surface area contributed by atoms with Gasteiger partial charge in [-0.1, -0.05) is 11.6 Å². The summed E-state index contributed by atoms with van der Waals surface area (Å²) < 4.78 is 12.8. The van der Waals surface area contributed by atoms with Crippen LogP contribution in [0.5, 0.6) is 0 Å². The number of halogens is 2. The van der Waals surface area contributed by atoms with Crippen LogP contribution in [-0.4, -0.2) is 5.11 Å². The maximum Gasteiger partial charge on any atom is 0.124 e. The van der Waals surface area contributed by atoms with Crippen LogP contribution in [0.1, 0.15) is 23.7 Å². The maximum atomic E-state index is 12.8. The molecule has 1 aromatic rings. The fourth-order valence-corrected chi connectivity index (χ4v) is 2.01. The largest absolute Gasteiger partial charge is 0.388 e. The molecule has 0 bridgehead atoms. The number of hydrogen-bond acceptors (Lipinski definition) is 1. The Bertz CT molecular complexity index is 325. The summed E-state index contributed by atoms with van der Waals surface area (Å²) in [6.07, 6.45) is 0.861. The Kier molecular flexibility index (Phi) is 1.81. The first-order valence-electron chi connectivity index (χ1n) is 3.84. The zero-order valence-electron chi connectivity index (χ0n) is 6.35. The Morgan fingerprint density at radius 2 is 2.25 bits per heavy atom. The first-order chi connectivity index (χ1) is 5.68. The van der Waals surface area contributed by atoms with E-state index in [9.17, 15) is 9.50 Å². The summed E-state index contributed by atoms with van der Waals surface area (Å²) in [5, 5.41) is 9.79. The Morgan fingerprint density at radius 3 is 3.00 bits per heavy atom. The summed E-state index contributed by atoms with van der Waals surface area (Å²) in [6.45, 7) is 0. The number of benzene rings is 1. The molecule has 0 unspecified atom stereocenters. The number of fused-ring (bicyclic) bond motifs is 1. The highest BCUT2D eigenvalue weighted by Crippen LogP contribution is 2.36. The number of rotatable bonds is 0. The van der Waals surface area contributed by atoms with Crippen molar-refractivity contribution >= 4 is 11.6 Å². The van der Waals surface area contributed by atoms with Gasteiger partial charge in [0.1, 0.15) is 5.82 Å². The molecule has 0 amide bonds. The van der Waals surface area contributed by atoms with Crippen molar-refractivity contribution < 1.29 is 9.50 Å². The van der Waals surface area contributed by atoms with E-state index in [4.69, 9.17) is 11.6 Å². The predicted molar refractivity (Wildman–Crippen MR) is 44.7 cm³/mol. The molecule has 1 aliphatic rings. The van der Waals surface area contributed by atoms with Gasteiger partial charge in [0.15, 0.2) is 0 Å². The molecule has 0 saturated carbocycles. The van der Waals surface area contributed by atoms with Crippen molar-refractivity contribution in [1.82, 2.24) is 0 Å². The quantitative estimate of drug-likeness (QED) is 0.660. The van der Waals surface area contributed by atoms with Gasteiger partial charge in [-0.15, -0.1) is 0 Å². The molecule has 1 N–H and O–H groups in total. The van der Waals surface area contributed by atoms with Gasteiger partial charge in [0, 0.05) is 10.6 Å². The van der Waals surface area contributed by atoms with E-state index in [0.29, 0.717) is 23.4 Å². The highest BCUT2D eigenvalue weighted by Gasteiger charge is 2.23. The summed E-state index contributed by atoms with van der Waals surface area (Å²) in [5.41, 5.74) is 1.55. The molecule has 0 aliphatic heterocycles. The van der Waals surface area contributed by atoms with Gasteiger partial charge in [-0.25, -0.2) is 4.39 Å². The Labute approximate surface area is 74.8 Å². The minimum Gasteiger partial charge on any atom is -0.388 e. The lowest BCUT2D eigenvalue weighted by Crippen LogP contribution is -1.92. The molecule has 0 spiro atoms. The predicted octanol–water partition coefficient (Wildman–Crippen LogP) is 2.46. The van der Waals surface area contributed by atoms with Crippen LogP contribution in [-0.2, 0) is 6.42 Å². The molecular formula is C9H8ClFO. The van der Waals surface area contributed by atoms with Crippen LogP contribution < -0.4 is 0 Å². The third kappa shape index (κ3) is 1.11. The smallest absolute Gasteiger partial charge is 0.124 e. The normalized spacial score (nSPS) is 21.1. The minimum atomic E-state index is -0.506. The van der Waals surface area contributed by atoms with E-state index in [1.807, 2.05) is 0 Å². The molecule has 1 nitrogen and oxygen atoms in total. The van der Waals surface area contributed by atoms with Crippen LogP contribution in [0.15, 0.2) is 12.1 Å². The molecule has 0 saturated heterocycles. The van der Waals surface area contributed by atoms with Crippen molar-refractivity contribution in [3.63, 3.8) is 0 Å². The topological polar surface area (TPSA) is 20.2 Å². The highest BCUT2D eigenvalue weighted by molar-refractivity contribution is 6.31. The standard InChI is InChI=1S/C9H8ClFO/c10-7-4-6(11)3-5-1-2-8(12)9(5)7/h3-4,8,12H,1-2H2/t8-/m0/s1. The van der Waals surface area contributed by atoms with E-state index in [0.717, 1.165) is 5.56 Å². The fourth-order valence-electron chi connectivity index (χ4n) is 1.65. The Hall–Kier alpha value is -0.600. The van der Waals surface area contributed by atoms with Crippen molar-refractivity contribution in [3.05, 3.63) is 34.1 Å². The lowest BCUT2D eigenvalue weighted by Gasteiger charge is -2.05.